The van der Waals surface area contributed by atoms with Crippen LogP contribution >= 0.6 is 30.8 Å². The number of benzene rings is 1. The highest BCUT2D eigenvalue weighted by atomic mass is 35.5. The Morgan fingerprint density at radius 2 is 1.64 bits per heavy atom. The zero-order valence-corrected chi connectivity index (χ0v) is 9.30. The lowest BCUT2D eigenvalue weighted by Crippen LogP contribution is -1.82. The Morgan fingerprint density at radius 3 is 2.07 bits per heavy atom. The van der Waals surface area contributed by atoms with Crippen molar-refractivity contribution in [3.8, 4) is 0 Å². The fourth-order valence-electron chi connectivity index (χ4n) is 0.831. The van der Waals surface area contributed by atoms with E-state index in [1.54, 1.807) is 30.3 Å². The topological polar surface area (TPSA) is 57.5 Å². The van der Waals surface area contributed by atoms with Gasteiger partial charge in [-0.2, -0.15) is 0 Å². The maximum Gasteiger partial charge on any atom is 0.369 e. The molecule has 1 aromatic rings. The van der Waals surface area contributed by atoms with Crippen LogP contribution in [-0.2, 0) is 4.57 Å². The molecule has 76 valence electrons. The van der Waals surface area contributed by atoms with E-state index in [-0.39, 0.29) is 5.03 Å². The van der Waals surface area contributed by atoms with E-state index in [0.717, 1.165) is 0 Å². The summed E-state index contributed by atoms with van der Waals surface area (Å²) in [4.78, 5) is 17.5. The lowest BCUT2D eigenvalue weighted by Gasteiger charge is -2.05. The van der Waals surface area contributed by atoms with Gasteiger partial charge in [-0.15, -0.1) is 0 Å². The Labute approximate surface area is 91.1 Å². The van der Waals surface area contributed by atoms with Gasteiger partial charge in [0.05, 0.1) is 5.03 Å². The first-order chi connectivity index (χ1) is 6.43. The lowest BCUT2D eigenvalue weighted by atomic mass is 10.2. The molecule has 0 saturated heterocycles. The highest BCUT2D eigenvalue weighted by Crippen LogP contribution is 2.51. The van der Waals surface area contributed by atoms with Gasteiger partial charge in [0.1, 0.15) is 4.77 Å². The summed E-state index contributed by atoms with van der Waals surface area (Å²) >= 11 is 11.1. The van der Waals surface area contributed by atoms with Crippen molar-refractivity contribution in [3.05, 3.63) is 40.7 Å². The van der Waals surface area contributed by atoms with Gasteiger partial charge in [-0.05, 0) is 5.56 Å². The Hall–Kier alpha value is -0.310. The standard InChI is InChI=1S/C8H7Cl2O3P/c9-7(8(10)14(11,12)13)6-4-2-1-3-5-6/h1-5H,(H2,11,12,13). The second-order valence-electron chi connectivity index (χ2n) is 2.51. The molecule has 1 rings (SSSR count). The van der Waals surface area contributed by atoms with E-state index in [2.05, 4.69) is 0 Å². The maximum atomic E-state index is 10.8. The molecule has 0 amide bonds. The fraction of sp³-hybridized carbons (Fsp3) is 0. The van der Waals surface area contributed by atoms with Crippen LogP contribution in [0.2, 0.25) is 0 Å². The summed E-state index contributed by atoms with van der Waals surface area (Å²) < 4.78 is 10.1. The molecule has 0 aromatic heterocycles. The third kappa shape index (κ3) is 2.84. The molecule has 3 nitrogen and oxygen atoms in total. The second-order valence-corrected chi connectivity index (χ2v) is 5.07. The average molecular weight is 253 g/mol. The SMILES string of the molecule is O=P(O)(O)C(Cl)=C(Cl)c1ccccc1. The Bertz CT molecular complexity index is 396. The molecule has 6 heteroatoms. The van der Waals surface area contributed by atoms with Gasteiger partial charge >= 0.3 is 7.60 Å². The minimum absolute atomic E-state index is 0.124. The lowest BCUT2D eigenvalue weighted by molar-refractivity contribution is 0.385. The molecule has 0 aliphatic heterocycles. The van der Waals surface area contributed by atoms with Crippen molar-refractivity contribution in [2.45, 2.75) is 0 Å². The largest absolute Gasteiger partial charge is 0.369 e. The molecular formula is C8H7Cl2O3P. The van der Waals surface area contributed by atoms with Gasteiger partial charge in [-0.25, -0.2) is 0 Å². The van der Waals surface area contributed by atoms with Crippen molar-refractivity contribution in [1.29, 1.82) is 0 Å². The molecule has 0 unspecified atom stereocenters. The second kappa shape index (κ2) is 4.47. The van der Waals surface area contributed by atoms with E-state index >= 15 is 0 Å². The van der Waals surface area contributed by atoms with Crippen molar-refractivity contribution >= 4 is 35.8 Å². The van der Waals surface area contributed by atoms with Crippen LogP contribution in [0.4, 0.5) is 0 Å². The van der Waals surface area contributed by atoms with Crippen molar-refractivity contribution in [2.24, 2.45) is 0 Å². The van der Waals surface area contributed by atoms with Crippen LogP contribution in [0.1, 0.15) is 5.56 Å². The minimum Gasteiger partial charge on any atom is -0.320 e. The predicted octanol–water partition coefficient (Wildman–Crippen LogP) is 2.97. The summed E-state index contributed by atoms with van der Waals surface area (Å²) in [7, 11) is -4.47. The molecular weight excluding hydrogens is 246 g/mol. The number of hydrogen-bond donors (Lipinski definition) is 2. The molecule has 0 spiro atoms. The summed E-state index contributed by atoms with van der Waals surface area (Å²) in [5.74, 6) is 0. The molecule has 0 bridgehead atoms. The summed E-state index contributed by atoms with van der Waals surface area (Å²) in [5.41, 5.74) is 0.475. The average Bonchev–Trinajstić information content (AvgIpc) is 2.15. The normalized spacial score (nSPS) is 13.7. The first kappa shape index (κ1) is 11.8. The van der Waals surface area contributed by atoms with Gasteiger partial charge in [0.15, 0.2) is 0 Å². The first-order valence-corrected chi connectivity index (χ1v) is 5.96. The van der Waals surface area contributed by atoms with Crippen LogP contribution in [0.15, 0.2) is 35.1 Å². The molecule has 0 aliphatic rings. The van der Waals surface area contributed by atoms with Crippen LogP contribution in [0.5, 0.6) is 0 Å². The summed E-state index contributed by atoms with van der Waals surface area (Å²) in [6, 6.07) is 8.38. The Balaban J connectivity index is 3.19. The van der Waals surface area contributed by atoms with E-state index in [1.165, 1.54) is 0 Å². The fourth-order valence-corrected chi connectivity index (χ4v) is 1.78. The molecule has 0 aliphatic carbocycles. The first-order valence-electron chi connectivity index (χ1n) is 3.59. The van der Waals surface area contributed by atoms with E-state index in [9.17, 15) is 4.57 Å². The minimum atomic E-state index is -4.47. The van der Waals surface area contributed by atoms with Crippen molar-refractivity contribution in [3.63, 3.8) is 0 Å². The van der Waals surface area contributed by atoms with Gasteiger partial charge < -0.3 is 9.79 Å². The number of hydrogen-bond acceptors (Lipinski definition) is 1. The Morgan fingerprint density at radius 1 is 1.14 bits per heavy atom. The van der Waals surface area contributed by atoms with Gasteiger partial charge in [0, 0.05) is 0 Å². The van der Waals surface area contributed by atoms with Crippen LogP contribution in [0.25, 0.3) is 5.03 Å². The highest BCUT2D eigenvalue weighted by molar-refractivity contribution is 7.59. The summed E-state index contributed by atoms with van der Waals surface area (Å²) in [6.45, 7) is 0. The van der Waals surface area contributed by atoms with E-state index < -0.39 is 12.4 Å². The van der Waals surface area contributed by atoms with Crippen LogP contribution in [-0.4, -0.2) is 9.79 Å². The maximum absolute atomic E-state index is 10.8. The molecule has 0 radical (unpaired) electrons. The number of rotatable bonds is 2. The van der Waals surface area contributed by atoms with Crippen LogP contribution < -0.4 is 0 Å². The summed E-state index contributed by atoms with van der Waals surface area (Å²) in [6.07, 6.45) is 0. The van der Waals surface area contributed by atoms with Gasteiger partial charge in [0.25, 0.3) is 0 Å². The zero-order chi connectivity index (χ0) is 10.8. The molecule has 0 heterocycles. The van der Waals surface area contributed by atoms with Crippen LogP contribution in [0.3, 0.4) is 0 Å². The third-order valence-electron chi connectivity index (χ3n) is 1.46. The van der Waals surface area contributed by atoms with Gasteiger partial charge in [-0.3, -0.25) is 4.57 Å². The Kier molecular flexibility index (Phi) is 3.76. The summed E-state index contributed by atoms with van der Waals surface area (Å²) in [5, 5.41) is -0.124. The smallest absolute Gasteiger partial charge is 0.320 e. The monoisotopic (exact) mass is 252 g/mol. The van der Waals surface area contributed by atoms with Crippen molar-refractivity contribution in [2.75, 3.05) is 0 Å². The zero-order valence-electron chi connectivity index (χ0n) is 6.89. The quantitative estimate of drug-likeness (QED) is 0.796. The molecule has 0 fully saturated rings. The third-order valence-corrected chi connectivity index (χ3v) is 3.68. The molecule has 14 heavy (non-hydrogen) atoms. The molecule has 1 aromatic carbocycles. The molecule has 0 atom stereocenters. The van der Waals surface area contributed by atoms with E-state index in [0.29, 0.717) is 5.56 Å². The predicted molar refractivity (Wildman–Crippen MR) is 57.1 cm³/mol. The molecule has 0 saturated carbocycles. The van der Waals surface area contributed by atoms with E-state index in [1.807, 2.05) is 0 Å². The van der Waals surface area contributed by atoms with Gasteiger partial charge in [-0.1, -0.05) is 53.5 Å². The van der Waals surface area contributed by atoms with Crippen LogP contribution in [0, 0.1) is 0 Å². The highest BCUT2D eigenvalue weighted by Gasteiger charge is 2.23. The van der Waals surface area contributed by atoms with Gasteiger partial charge in [0.2, 0.25) is 0 Å². The van der Waals surface area contributed by atoms with E-state index in [4.69, 9.17) is 33.0 Å². The number of halogens is 2. The van der Waals surface area contributed by atoms with Crippen molar-refractivity contribution < 1.29 is 14.4 Å². The molecule has 2 N–H and O–H groups in total. The van der Waals surface area contributed by atoms with Crippen molar-refractivity contribution in [1.82, 2.24) is 0 Å².